The van der Waals surface area contributed by atoms with E-state index in [2.05, 4.69) is 26.1 Å². The van der Waals surface area contributed by atoms with Crippen LogP contribution in [0.3, 0.4) is 0 Å². The number of halogens is 1. The van der Waals surface area contributed by atoms with E-state index in [0.29, 0.717) is 5.41 Å². The molecule has 0 heterocycles. The molecule has 0 saturated heterocycles. The van der Waals surface area contributed by atoms with Gasteiger partial charge in [-0.15, -0.1) is 0 Å². The summed E-state index contributed by atoms with van der Waals surface area (Å²) in [7, 11) is 0. The van der Waals surface area contributed by atoms with Crippen molar-refractivity contribution in [1.82, 2.24) is 5.32 Å². The molecule has 0 aliphatic rings. The fourth-order valence-corrected chi connectivity index (χ4v) is 1.18. The summed E-state index contributed by atoms with van der Waals surface area (Å²) < 4.78 is 12.6. The summed E-state index contributed by atoms with van der Waals surface area (Å²) in [6, 6.07) is 6.61. The summed E-state index contributed by atoms with van der Waals surface area (Å²) in [4.78, 5) is 0. The third-order valence-corrected chi connectivity index (χ3v) is 1.90. The van der Waals surface area contributed by atoms with Gasteiger partial charge in [-0.2, -0.15) is 0 Å². The maximum atomic E-state index is 12.6. The van der Waals surface area contributed by atoms with Crippen molar-refractivity contribution in [3.63, 3.8) is 0 Å². The number of hydrogen-bond donors (Lipinski definition) is 1. The SMILES string of the molecule is CC(C)(C)CNCc1ccc(F)cc1. The predicted molar refractivity (Wildman–Crippen MR) is 57.6 cm³/mol. The van der Waals surface area contributed by atoms with Crippen molar-refractivity contribution < 1.29 is 4.39 Å². The van der Waals surface area contributed by atoms with Gasteiger partial charge in [0.2, 0.25) is 0 Å². The summed E-state index contributed by atoms with van der Waals surface area (Å²) in [5.74, 6) is -0.176. The largest absolute Gasteiger partial charge is 0.312 e. The first-order chi connectivity index (χ1) is 6.47. The van der Waals surface area contributed by atoms with Crippen molar-refractivity contribution in [3.05, 3.63) is 35.6 Å². The topological polar surface area (TPSA) is 12.0 Å². The monoisotopic (exact) mass is 195 g/mol. The third kappa shape index (κ3) is 4.38. The van der Waals surface area contributed by atoms with E-state index in [4.69, 9.17) is 0 Å². The third-order valence-electron chi connectivity index (χ3n) is 1.90. The molecule has 0 aromatic heterocycles. The van der Waals surface area contributed by atoms with E-state index in [1.165, 1.54) is 12.1 Å². The van der Waals surface area contributed by atoms with E-state index in [0.717, 1.165) is 18.7 Å². The quantitative estimate of drug-likeness (QED) is 0.782. The lowest BCUT2D eigenvalue weighted by Crippen LogP contribution is -2.26. The van der Waals surface area contributed by atoms with Crippen LogP contribution in [0.4, 0.5) is 4.39 Å². The Morgan fingerprint density at radius 3 is 2.21 bits per heavy atom. The fourth-order valence-electron chi connectivity index (χ4n) is 1.18. The van der Waals surface area contributed by atoms with Crippen LogP contribution in [0.2, 0.25) is 0 Å². The van der Waals surface area contributed by atoms with Gasteiger partial charge in [0.25, 0.3) is 0 Å². The van der Waals surface area contributed by atoms with Gasteiger partial charge in [-0.1, -0.05) is 32.9 Å². The lowest BCUT2D eigenvalue weighted by atomic mass is 9.97. The van der Waals surface area contributed by atoms with Crippen LogP contribution >= 0.6 is 0 Å². The summed E-state index contributed by atoms with van der Waals surface area (Å²) >= 11 is 0. The molecule has 0 aliphatic carbocycles. The molecule has 78 valence electrons. The molecule has 0 spiro atoms. The van der Waals surface area contributed by atoms with E-state index in [-0.39, 0.29) is 5.82 Å². The number of hydrogen-bond acceptors (Lipinski definition) is 1. The Bertz CT molecular complexity index is 271. The maximum Gasteiger partial charge on any atom is 0.123 e. The van der Waals surface area contributed by atoms with Gasteiger partial charge in [0.05, 0.1) is 0 Å². The van der Waals surface area contributed by atoms with Crippen molar-refractivity contribution in [2.24, 2.45) is 5.41 Å². The number of nitrogens with one attached hydrogen (secondary N) is 1. The molecule has 0 fully saturated rings. The number of benzene rings is 1. The summed E-state index contributed by atoms with van der Waals surface area (Å²) in [6.45, 7) is 8.32. The van der Waals surface area contributed by atoms with Crippen LogP contribution in [0, 0.1) is 11.2 Å². The molecule has 1 aromatic rings. The van der Waals surface area contributed by atoms with Gasteiger partial charge >= 0.3 is 0 Å². The van der Waals surface area contributed by atoms with Crippen molar-refractivity contribution in [1.29, 1.82) is 0 Å². The minimum absolute atomic E-state index is 0.176. The van der Waals surface area contributed by atoms with Crippen LogP contribution in [-0.2, 0) is 6.54 Å². The molecule has 0 amide bonds. The Kier molecular flexibility index (Phi) is 3.64. The minimum Gasteiger partial charge on any atom is -0.312 e. The Hall–Kier alpha value is -0.890. The molecule has 2 heteroatoms. The summed E-state index contributed by atoms with van der Waals surface area (Å²) in [5.41, 5.74) is 1.41. The van der Waals surface area contributed by atoms with Gasteiger partial charge in [-0.3, -0.25) is 0 Å². The molecule has 0 bridgehead atoms. The lowest BCUT2D eigenvalue weighted by molar-refractivity contribution is 0.379. The smallest absolute Gasteiger partial charge is 0.123 e. The molecule has 1 nitrogen and oxygen atoms in total. The molecule has 0 aliphatic heterocycles. The van der Waals surface area contributed by atoms with Gasteiger partial charge in [0, 0.05) is 13.1 Å². The van der Waals surface area contributed by atoms with Crippen LogP contribution in [-0.4, -0.2) is 6.54 Å². The Labute approximate surface area is 85.3 Å². The molecular formula is C12H18FN. The predicted octanol–water partition coefficient (Wildman–Crippen LogP) is 2.96. The summed E-state index contributed by atoms with van der Waals surface area (Å²) in [6.07, 6.45) is 0. The molecule has 0 atom stereocenters. The first-order valence-electron chi connectivity index (χ1n) is 4.92. The van der Waals surface area contributed by atoms with Gasteiger partial charge in [0.1, 0.15) is 5.82 Å². The molecule has 0 radical (unpaired) electrons. The highest BCUT2D eigenvalue weighted by Gasteiger charge is 2.08. The van der Waals surface area contributed by atoms with Crippen molar-refractivity contribution in [3.8, 4) is 0 Å². The fraction of sp³-hybridized carbons (Fsp3) is 0.500. The van der Waals surface area contributed by atoms with Crippen LogP contribution < -0.4 is 5.32 Å². The lowest BCUT2D eigenvalue weighted by Gasteiger charge is -2.18. The van der Waals surface area contributed by atoms with Crippen LogP contribution in [0.1, 0.15) is 26.3 Å². The Morgan fingerprint density at radius 2 is 1.71 bits per heavy atom. The molecule has 0 saturated carbocycles. The molecular weight excluding hydrogens is 177 g/mol. The van der Waals surface area contributed by atoms with Gasteiger partial charge < -0.3 is 5.32 Å². The van der Waals surface area contributed by atoms with E-state index in [1.807, 2.05) is 12.1 Å². The van der Waals surface area contributed by atoms with Crippen molar-refractivity contribution in [2.45, 2.75) is 27.3 Å². The van der Waals surface area contributed by atoms with Gasteiger partial charge in [-0.05, 0) is 23.1 Å². The van der Waals surface area contributed by atoms with E-state index < -0.39 is 0 Å². The normalized spacial score (nSPS) is 11.7. The van der Waals surface area contributed by atoms with E-state index >= 15 is 0 Å². The average Bonchev–Trinajstić information content (AvgIpc) is 2.06. The number of rotatable bonds is 3. The standard InChI is InChI=1S/C12H18FN/c1-12(2,3)9-14-8-10-4-6-11(13)7-5-10/h4-7,14H,8-9H2,1-3H3. The molecule has 1 aromatic carbocycles. The molecule has 14 heavy (non-hydrogen) atoms. The highest BCUT2D eigenvalue weighted by molar-refractivity contribution is 5.15. The highest BCUT2D eigenvalue weighted by Crippen LogP contribution is 2.11. The zero-order valence-corrected chi connectivity index (χ0v) is 9.10. The zero-order valence-electron chi connectivity index (χ0n) is 9.10. The van der Waals surface area contributed by atoms with Crippen LogP contribution in [0.15, 0.2) is 24.3 Å². The zero-order chi connectivity index (χ0) is 10.6. The molecule has 0 unspecified atom stereocenters. The van der Waals surface area contributed by atoms with Crippen LogP contribution in [0.5, 0.6) is 0 Å². The molecule has 1 rings (SSSR count). The van der Waals surface area contributed by atoms with E-state index in [1.54, 1.807) is 0 Å². The van der Waals surface area contributed by atoms with Crippen LogP contribution in [0.25, 0.3) is 0 Å². The minimum atomic E-state index is -0.176. The highest BCUT2D eigenvalue weighted by atomic mass is 19.1. The second kappa shape index (κ2) is 4.56. The second-order valence-corrected chi connectivity index (χ2v) is 4.79. The average molecular weight is 195 g/mol. The first kappa shape index (κ1) is 11.2. The Balaban J connectivity index is 2.35. The first-order valence-corrected chi connectivity index (χ1v) is 4.92. The second-order valence-electron chi connectivity index (χ2n) is 4.79. The Morgan fingerprint density at radius 1 is 1.14 bits per heavy atom. The van der Waals surface area contributed by atoms with Gasteiger partial charge in [0.15, 0.2) is 0 Å². The van der Waals surface area contributed by atoms with Crippen molar-refractivity contribution in [2.75, 3.05) is 6.54 Å². The van der Waals surface area contributed by atoms with E-state index in [9.17, 15) is 4.39 Å². The maximum absolute atomic E-state index is 12.6. The van der Waals surface area contributed by atoms with Crippen molar-refractivity contribution >= 4 is 0 Å². The summed E-state index contributed by atoms with van der Waals surface area (Å²) in [5, 5.41) is 3.34. The molecule has 1 N–H and O–H groups in total. The van der Waals surface area contributed by atoms with Gasteiger partial charge in [-0.25, -0.2) is 4.39 Å².